The molecule has 0 bridgehead atoms. The van der Waals surface area contributed by atoms with Crippen molar-refractivity contribution in [3.05, 3.63) is 53.7 Å². The Morgan fingerprint density at radius 1 is 0.941 bits per heavy atom. The standard InChI is InChI=1S/C22H17F6N3O2.ClH/c1-20(2,3)17-10-16(33-31-17)19-29-14-9-11(8-13(18(14)30-19)21(23,24)25)12-6-4-5-7-15(12)32-22(26,27)28;/h4-10H,1-3H3,(H,29,30);1H. The van der Waals surface area contributed by atoms with E-state index in [0.717, 1.165) is 12.1 Å². The van der Waals surface area contributed by atoms with Gasteiger partial charge in [0, 0.05) is 17.0 Å². The summed E-state index contributed by atoms with van der Waals surface area (Å²) in [6, 6.07) is 8.55. The molecule has 0 saturated carbocycles. The predicted octanol–water partition coefficient (Wildman–Crippen LogP) is 7.52. The third-order valence-electron chi connectivity index (χ3n) is 4.83. The molecule has 2 aromatic carbocycles. The molecule has 0 radical (unpaired) electrons. The molecule has 12 heteroatoms. The topological polar surface area (TPSA) is 63.9 Å². The SMILES string of the molecule is CC(C)(C)c1cc(-c2nc3c(C(F)(F)F)cc(-c4ccccc4OC(F)(F)F)cc3[nH]2)on1.Cl. The first kappa shape index (κ1) is 25.4. The number of nitrogens with zero attached hydrogens (tertiary/aromatic N) is 2. The van der Waals surface area contributed by atoms with E-state index in [4.69, 9.17) is 4.52 Å². The van der Waals surface area contributed by atoms with Gasteiger partial charge >= 0.3 is 12.5 Å². The van der Waals surface area contributed by atoms with Crippen molar-refractivity contribution in [1.82, 2.24) is 15.1 Å². The Balaban J connectivity index is 0.00000324. The average molecular weight is 506 g/mol. The van der Waals surface area contributed by atoms with Crippen LogP contribution in [0.15, 0.2) is 47.0 Å². The van der Waals surface area contributed by atoms with E-state index in [0.29, 0.717) is 5.69 Å². The predicted molar refractivity (Wildman–Crippen MR) is 115 cm³/mol. The molecular weight excluding hydrogens is 488 g/mol. The Bertz CT molecular complexity index is 1320. The van der Waals surface area contributed by atoms with Crippen LogP contribution < -0.4 is 4.74 Å². The lowest BCUT2D eigenvalue weighted by Gasteiger charge is -2.15. The minimum absolute atomic E-state index is 0. The molecule has 0 aliphatic rings. The van der Waals surface area contributed by atoms with Gasteiger partial charge in [-0.1, -0.05) is 44.1 Å². The van der Waals surface area contributed by atoms with E-state index >= 15 is 0 Å². The number of imidazole rings is 1. The van der Waals surface area contributed by atoms with Gasteiger partial charge in [0.2, 0.25) is 5.76 Å². The Labute approximate surface area is 195 Å². The molecule has 5 nitrogen and oxygen atoms in total. The summed E-state index contributed by atoms with van der Waals surface area (Å²) in [5.41, 5.74) is -1.62. The lowest BCUT2D eigenvalue weighted by Crippen LogP contribution is -2.17. The van der Waals surface area contributed by atoms with Crippen LogP contribution in [0.1, 0.15) is 32.0 Å². The van der Waals surface area contributed by atoms with Crippen LogP contribution >= 0.6 is 12.4 Å². The summed E-state index contributed by atoms with van der Waals surface area (Å²) in [5, 5.41) is 3.94. The van der Waals surface area contributed by atoms with Crippen molar-refractivity contribution in [2.45, 2.75) is 38.7 Å². The lowest BCUT2D eigenvalue weighted by molar-refractivity contribution is -0.274. The van der Waals surface area contributed by atoms with Gasteiger partial charge < -0.3 is 14.2 Å². The number of halogens is 7. The molecule has 34 heavy (non-hydrogen) atoms. The Morgan fingerprint density at radius 2 is 1.62 bits per heavy atom. The van der Waals surface area contributed by atoms with Crippen LogP contribution in [0.4, 0.5) is 26.3 Å². The molecule has 0 spiro atoms. The van der Waals surface area contributed by atoms with Crippen molar-refractivity contribution in [1.29, 1.82) is 0 Å². The minimum Gasteiger partial charge on any atom is -0.405 e. The van der Waals surface area contributed by atoms with Gasteiger partial charge in [-0.2, -0.15) is 13.2 Å². The van der Waals surface area contributed by atoms with Crippen molar-refractivity contribution in [2.75, 3.05) is 0 Å². The molecule has 2 aromatic heterocycles. The zero-order valence-electron chi connectivity index (χ0n) is 17.9. The van der Waals surface area contributed by atoms with Crippen LogP contribution in [0.2, 0.25) is 0 Å². The normalized spacial score (nSPS) is 12.6. The van der Waals surface area contributed by atoms with Crippen LogP contribution in [0, 0.1) is 0 Å². The van der Waals surface area contributed by atoms with E-state index in [-0.39, 0.29) is 46.1 Å². The first-order chi connectivity index (χ1) is 15.2. The fourth-order valence-electron chi connectivity index (χ4n) is 3.26. The second-order valence-corrected chi connectivity index (χ2v) is 8.37. The van der Waals surface area contributed by atoms with Crippen LogP contribution in [-0.2, 0) is 11.6 Å². The molecule has 182 valence electrons. The molecule has 2 heterocycles. The Hall–Kier alpha value is -3.21. The number of rotatable bonds is 3. The number of hydrogen-bond donors (Lipinski definition) is 1. The number of aromatic amines is 1. The van der Waals surface area contributed by atoms with Gasteiger partial charge in [-0.05, 0) is 23.8 Å². The van der Waals surface area contributed by atoms with Crippen molar-refractivity contribution < 1.29 is 35.6 Å². The largest absolute Gasteiger partial charge is 0.573 e. The van der Waals surface area contributed by atoms with Gasteiger partial charge in [-0.25, -0.2) is 4.98 Å². The number of ether oxygens (including phenoxy) is 1. The lowest BCUT2D eigenvalue weighted by atomic mass is 9.92. The van der Waals surface area contributed by atoms with Gasteiger partial charge in [0.25, 0.3) is 0 Å². The summed E-state index contributed by atoms with van der Waals surface area (Å²) >= 11 is 0. The van der Waals surface area contributed by atoms with E-state index in [1.807, 2.05) is 20.8 Å². The smallest absolute Gasteiger partial charge is 0.405 e. The highest BCUT2D eigenvalue weighted by Crippen LogP contribution is 2.41. The Morgan fingerprint density at radius 3 is 2.21 bits per heavy atom. The second kappa shape index (κ2) is 8.53. The molecule has 4 rings (SSSR count). The fraction of sp³-hybridized carbons (Fsp3) is 0.273. The summed E-state index contributed by atoms with van der Waals surface area (Å²) in [5.74, 6) is -0.482. The molecule has 0 fully saturated rings. The molecule has 0 atom stereocenters. The highest BCUT2D eigenvalue weighted by molar-refractivity contribution is 5.88. The van der Waals surface area contributed by atoms with Crippen LogP contribution in [-0.4, -0.2) is 21.5 Å². The molecule has 0 unspecified atom stereocenters. The van der Waals surface area contributed by atoms with Crippen LogP contribution in [0.25, 0.3) is 33.7 Å². The summed E-state index contributed by atoms with van der Waals surface area (Å²) in [6.07, 6.45) is -9.83. The van der Waals surface area contributed by atoms with E-state index in [1.165, 1.54) is 24.3 Å². The first-order valence-corrected chi connectivity index (χ1v) is 9.66. The van der Waals surface area contributed by atoms with E-state index in [9.17, 15) is 26.3 Å². The zero-order valence-corrected chi connectivity index (χ0v) is 18.7. The third-order valence-corrected chi connectivity index (χ3v) is 4.83. The van der Waals surface area contributed by atoms with Crippen LogP contribution in [0.5, 0.6) is 5.75 Å². The summed E-state index contributed by atoms with van der Waals surface area (Å²) < 4.78 is 89.2. The highest BCUT2D eigenvalue weighted by Gasteiger charge is 2.36. The summed E-state index contributed by atoms with van der Waals surface area (Å²) in [6.45, 7) is 5.67. The van der Waals surface area contributed by atoms with Gasteiger partial charge in [-0.15, -0.1) is 25.6 Å². The summed E-state index contributed by atoms with van der Waals surface area (Å²) in [7, 11) is 0. The fourth-order valence-corrected chi connectivity index (χ4v) is 3.26. The molecule has 1 N–H and O–H groups in total. The molecule has 0 amide bonds. The van der Waals surface area contributed by atoms with Crippen LogP contribution in [0.3, 0.4) is 0 Å². The van der Waals surface area contributed by atoms with Gasteiger partial charge in [-0.3, -0.25) is 0 Å². The number of benzene rings is 2. The van der Waals surface area contributed by atoms with Crippen molar-refractivity contribution >= 4 is 23.4 Å². The maximum Gasteiger partial charge on any atom is 0.573 e. The van der Waals surface area contributed by atoms with Gasteiger partial charge in [0.1, 0.15) is 11.3 Å². The number of H-pyrrole nitrogens is 1. The maximum atomic E-state index is 13.9. The number of para-hydroxylation sites is 1. The van der Waals surface area contributed by atoms with Gasteiger partial charge in [0.15, 0.2) is 5.82 Å². The number of hydrogen-bond acceptors (Lipinski definition) is 4. The minimum atomic E-state index is -5.01. The number of fused-ring (bicyclic) bond motifs is 1. The van der Waals surface area contributed by atoms with Gasteiger partial charge in [0.05, 0.1) is 16.8 Å². The molecule has 0 saturated heterocycles. The van der Waals surface area contributed by atoms with Crippen molar-refractivity contribution in [2.24, 2.45) is 0 Å². The Kier molecular flexibility index (Phi) is 6.38. The van der Waals surface area contributed by atoms with E-state index < -0.39 is 29.4 Å². The number of aromatic nitrogens is 3. The van der Waals surface area contributed by atoms with E-state index in [2.05, 4.69) is 19.9 Å². The molecule has 0 aliphatic heterocycles. The quantitative estimate of drug-likeness (QED) is 0.292. The average Bonchev–Trinajstić information content (AvgIpc) is 3.32. The van der Waals surface area contributed by atoms with E-state index in [1.54, 1.807) is 6.07 Å². The van der Waals surface area contributed by atoms with Crippen molar-refractivity contribution in [3.63, 3.8) is 0 Å². The molecule has 4 aromatic rings. The molecular formula is C22H18ClF6N3O2. The zero-order chi connectivity index (χ0) is 24.2. The maximum absolute atomic E-state index is 13.9. The number of nitrogens with one attached hydrogen (secondary N) is 1. The van der Waals surface area contributed by atoms with Crippen molar-refractivity contribution in [3.8, 4) is 28.5 Å². The molecule has 0 aliphatic carbocycles. The first-order valence-electron chi connectivity index (χ1n) is 9.66. The second-order valence-electron chi connectivity index (χ2n) is 8.37. The third kappa shape index (κ3) is 5.14. The monoisotopic (exact) mass is 505 g/mol. The highest BCUT2D eigenvalue weighted by atomic mass is 35.5. The number of alkyl halides is 6. The summed E-state index contributed by atoms with van der Waals surface area (Å²) in [4.78, 5) is 6.80.